The summed E-state index contributed by atoms with van der Waals surface area (Å²) in [5.74, 6) is 0. The Hall–Kier alpha value is -3.00. The van der Waals surface area contributed by atoms with Gasteiger partial charge in [-0.2, -0.15) is 10.5 Å². The van der Waals surface area contributed by atoms with Crippen LogP contribution in [0.3, 0.4) is 0 Å². The van der Waals surface area contributed by atoms with Gasteiger partial charge in [-0.3, -0.25) is 0 Å². The highest BCUT2D eigenvalue weighted by atomic mass is 79.9. The van der Waals surface area contributed by atoms with E-state index in [-0.39, 0.29) is 0 Å². The quantitative estimate of drug-likeness (QED) is 0.184. The van der Waals surface area contributed by atoms with Crippen molar-refractivity contribution in [2.24, 2.45) is 0 Å². The highest BCUT2D eigenvalue weighted by molar-refractivity contribution is 9.11. The predicted octanol–water partition coefficient (Wildman–Crippen LogP) is 11.1. The smallest absolute Gasteiger partial charge is 0.100 e. The summed E-state index contributed by atoms with van der Waals surface area (Å²) in [6, 6.07) is 36.6. The molecule has 6 heteroatoms. The molecule has 0 radical (unpaired) electrons. The lowest BCUT2D eigenvalue weighted by atomic mass is 9.78. The highest BCUT2D eigenvalue weighted by Gasteiger charge is 2.27. The van der Waals surface area contributed by atoms with Crippen LogP contribution in [0.1, 0.15) is 11.1 Å². The molecule has 0 fully saturated rings. The summed E-state index contributed by atoms with van der Waals surface area (Å²) in [6.07, 6.45) is 0. The molecule has 0 N–H and O–H groups in total. The van der Waals surface area contributed by atoms with Crippen LogP contribution >= 0.6 is 63.7 Å². The van der Waals surface area contributed by atoms with Gasteiger partial charge in [0, 0.05) is 40.1 Å². The predicted molar refractivity (Wildman–Crippen MR) is 168 cm³/mol. The number of hydrogen-bond acceptors (Lipinski definition) is 2. The van der Waals surface area contributed by atoms with Crippen molar-refractivity contribution in [1.29, 1.82) is 10.5 Å². The van der Waals surface area contributed by atoms with E-state index in [0.29, 0.717) is 16.7 Å². The average molecular weight is 748 g/mol. The molecule has 0 amide bonds. The second-order valence-corrected chi connectivity index (χ2v) is 12.2. The second-order valence-electron chi connectivity index (χ2n) is 8.50. The Kier molecular flexibility index (Phi) is 7.98. The summed E-state index contributed by atoms with van der Waals surface area (Å²) in [6.45, 7) is 0. The Labute approximate surface area is 255 Å². The summed E-state index contributed by atoms with van der Waals surface area (Å²) >= 11 is 14.1. The van der Waals surface area contributed by atoms with Crippen LogP contribution in [-0.4, -0.2) is 0 Å². The molecule has 0 bridgehead atoms. The van der Waals surface area contributed by atoms with Crippen molar-refractivity contribution in [1.82, 2.24) is 0 Å². The average Bonchev–Trinajstić information content (AvgIpc) is 2.93. The largest absolute Gasteiger partial charge is 0.192 e. The zero-order valence-corrected chi connectivity index (χ0v) is 26.0. The van der Waals surface area contributed by atoms with Crippen LogP contribution in [-0.2, 0) is 0 Å². The molecule has 0 atom stereocenters. The molecule has 5 aromatic carbocycles. The Bertz CT molecular complexity index is 1640. The Morgan fingerprint density at radius 2 is 0.579 bits per heavy atom. The number of hydrogen-bond donors (Lipinski definition) is 0. The molecule has 0 spiro atoms. The fraction of sp³-hybridized carbons (Fsp3) is 0. The second kappa shape index (κ2) is 11.4. The van der Waals surface area contributed by atoms with Gasteiger partial charge in [0.05, 0.1) is 11.1 Å². The first-order chi connectivity index (χ1) is 18.4. The number of rotatable bonds is 4. The summed E-state index contributed by atoms with van der Waals surface area (Å²) in [5, 5.41) is 21.3. The summed E-state index contributed by atoms with van der Waals surface area (Å²) in [5.41, 5.74) is 7.48. The van der Waals surface area contributed by atoms with E-state index in [1.807, 2.05) is 97.1 Å². The van der Waals surface area contributed by atoms with Gasteiger partial charge < -0.3 is 0 Å². The first-order valence-electron chi connectivity index (χ1n) is 11.5. The maximum Gasteiger partial charge on any atom is 0.100 e. The molecular formula is C32H16Br4N2. The summed E-state index contributed by atoms with van der Waals surface area (Å²) in [7, 11) is 0. The van der Waals surface area contributed by atoms with E-state index in [1.165, 1.54) is 0 Å². The normalized spacial score (nSPS) is 10.6. The first-order valence-corrected chi connectivity index (χ1v) is 14.7. The molecule has 0 aromatic heterocycles. The van der Waals surface area contributed by atoms with Gasteiger partial charge in [0.25, 0.3) is 0 Å². The van der Waals surface area contributed by atoms with Crippen LogP contribution in [0.2, 0.25) is 0 Å². The minimum absolute atomic E-state index is 0.463. The molecule has 0 aliphatic rings. The summed E-state index contributed by atoms with van der Waals surface area (Å²) in [4.78, 5) is 0. The SMILES string of the molecule is N#Cc1c(-c2ccc(Br)cc2)c(C#N)c(-c2ccc(Br)cc2)c(-c2ccc(Br)cc2)c1-c1ccc(Br)cc1. The van der Waals surface area contributed by atoms with E-state index in [1.54, 1.807) is 0 Å². The lowest BCUT2D eigenvalue weighted by Gasteiger charge is -2.23. The maximum absolute atomic E-state index is 10.7. The molecule has 182 valence electrons. The molecule has 0 aliphatic heterocycles. The molecule has 5 aromatic rings. The topological polar surface area (TPSA) is 47.6 Å². The summed E-state index contributed by atoms with van der Waals surface area (Å²) < 4.78 is 3.76. The van der Waals surface area contributed by atoms with Crippen molar-refractivity contribution in [2.45, 2.75) is 0 Å². The standard InChI is InChI=1S/C32H16Br4N2/c33-23-9-1-19(2-10-23)29-27(17-37)30(20-3-11-24(34)12-4-20)32(22-7-15-26(36)16-8-22)31(28(29)18-38)21-5-13-25(35)14-6-21/h1-16H. The monoisotopic (exact) mass is 744 g/mol. The van der Waals surface area contributed by atoms with Gasteiger partial charge in [-0.25, -0.2) is 0 Å². The molecule has 0 saturated heterocycles. The van der Waals surface area contributed by atoms with E-state index in [9.17, 15) is 10.5 Å². The van der Waals surface area contributed by atoms with Gasteiger partial charge in [0.15, 0.2) is 0 Å². The molecule has 38 heavy (non-hydrogen) atoms. The van der Waals surface area contributed by atoms with Gasteiger partial charge >= 0.3 is 0 Å². The minimum atomic E-state index is 0.463. The molecule has 5 rings (SSSR count). The minimum Gasteiger partial charge on any atom is -0.192 e. The molecule has 0 heterocycles. The van der Waals surface area contributed by atoms with E-state index in [4.69, 9.17) is 0 Å². The molecule has 2 nitrogen and oxygen atoms in total. The zero-order chi connectivity index (χ0) is 26.8. The van der Waals surface area contributed by atoms with Gasteiger partial charge in [0.1, 0.15) is 12.1 Å². The van der Waals surface area contributed by atoms with Gasteiger partial charge in [-0.15, -0.1) is 0 Å². The van der Waals surface area contributed by atoms with Crippen LogP contribution in [0.4, 0.5) is 0 Å². The van der Waals surface area contributed by atoms with E-state index >= 15 is 0 Å². The Morgan fingerprint density at radius 1 is 0.342 bits per heavy atom. The van der Waals surface area contributed by atoms with Gasteiger partial charge in [0.2, 0.25) is 0 Å². The molecule has 0 unspecified atom stereocenters. The molecular weight excluding hydrogens is 732 g/mol. The van der Waals surface area contributed by atoms with Crippen molar-refractivity contribution in [3.05, 3.63) is 126 Å². The van der Waals surface area contributed by atoms with E-state index in [0.717, 1.165) is 56.8 Å². The fourth-order valence-corrected chi connectivity index (χ4v) is 5.65. The number of benzene rings is 5. The fourth-order valence-electron chi connectivity index (χ4n) is 4.59. The third-order valence-corrected chi connectivity index (χ3v) is 8.37. The van der Waals surface area contributed by atoms with Crippen LogP contribution in [0.15, 0.2) is 115 Å². The van der Waals surface area contributed by atoms with E-state index < -0.39 is 0 Å². The maximum atomic E-state index is 10.7. The molecule has 0 saturated carbocycles. The highest BCUT2D eigenvalue weighted by Crippen LogP contribution is 2.49. The van der Waals surface area contributed by atoms with Crippen LogP contribution in [0.5, 0.6) is 0 Å². The van der Waals surface area contributed by atoms with Crippen molar-refractivity contribution in [2.75, 3.05) is 0 Å². The number of nitriles is 2. The van der Waals surface area contributed by atoms with Gasteiger partial charge in [-0.05, 0) is 70.8 Å². The Balaban J connectivity index is 2.05. The van der Waals surface area contributed by atoms with Crippen molar-refractivity contribution in [3.8, 4) is 56.6 Å². The molecule has 0 aliphatic carbocycles. The lowest BCUT2D eigenvalue weighted by molar-refractivity contribution is 1.42. The van der Waals surface area contributed by atoms with Crippen LogP contribution < -0.4 is 0 Å². The number of nitrogens with zero attached hydrogens (tertiary/aromatic N) is 2. The Morgan fingerprint density at radius 3 is 0.842 bits per heavy atom. The third kappa shape index (κ3) is 5.15. The van der Waals surface area contributed by atoms with Crippen molar-refractivity contribution < 1.29 is 0 Å². The van der Waals surface area contributed by atoms with E-state index in [2.05, 4.69) is 75.9 Å². The van der Waals surface area contributed by atoms with Crippen molar-refractivity contribution >= 4 is 63.7 Å². The third-order valence-electron chi connectivity index (χ3n) is 6.26. The van der Waals surface area contributed by atoms with Crippen LogP contribution in [0.25, 0.3) is 44.5 Å². The van der Waals surface area contributed by atoms with Crippen molar-refractivity contribution in [3.63, 3.8) is 0 Å². The zero-order valence-electron chi connectivity index (χ0n) is 19.6. The lowest BCUT2D eigenvalue weighted by Crippen LogP contribution is -2.02. The number of halogens is 4. The van der Waals surface area contributed by atoms with Crippen LogP contribution in [0, 0.1) is 22.7 Å². The first kappa shape index (κ1) is 26.6. The van der Waals surface area contributed by atoms with Gasteiger partial charge in [-0.1, -0.05) is 112 Å².